The van der Waals surface area contributed by atoms with Crippen LogP contribution in [0, 0.1) is 5.92 Å². The van der Waals surface area contributed by atoms with Crippen LogP contribution >= 0.6 is 0 Å². The minimum Gasteiger partial charge on any atom is -0.379 e. The highest BCUT2D eigenvalue weighted by atomic mass is 16.6. The molecule has 1 fully saturated rings. The van der Waals surface area contributed by atoms with Crippen LogP contribution in [0.5, 0.6) is 0 Å². The maximum atomic E-state index is 6.08. The summed E-state index contributed by atoms with van der Waals surface area (Å²) in [5.74, 6) is 0.537. The van der Waals surface area contributed by atoms with E-state index in [2.05, 4.69) is 39.9 Å². The van der Waals surface area contributed by atoms with E-state index in [1.807, 2.05) is 0 Å². The second-order valence-electron chi connectivity index (χ2n) is 6.04. The third kappa shape index (κ3) is 5.28. The van der Waals surface area contributed by atoms with Gasteiger partial charge in [0.25, 0.3) is 0 Å². The van der Waals surface area contributed by atoms with Crippen LogP contribution in [-0.4, -0.2) is 37.5 Å². The Morgan fingerprint density at radius 2 is 2.06 bits per heavy atom. The van der Waals surface area contributed by atoms with Gasteiger partial charge in [-0.15, -0.1) is 0 Å². The van der Waals surface area contributed by atoms with E-state index in [1.165, 1.54) is 0 Å². The van der Waals surface area contributed by atoms with Gasteiger partial charge in [-0.1, -0.05) is 13.8 Å². The van der Waals surface area contributed by atoms with E-state index in [9.17, 15) is 0 Å². The Morgan fingerprint density at radius 1 is 1.38 bits per heavy atom. The minimum absolute atomic E-state index is 0.155. The molecule has 0 saturated carbocycles. The van der Waals surface area contributed by atoms with E-state index >= 15 is 0 Å². The summed E-state index contributed by atoms with van der Waals surface area (Å²) in [6.07, 6.45) is 1.62. The topological polar surface area (TPSA) is 30.5 Å². The van der Waals surface area contributed by atoms with Crippen LogP contribution in [0.15, 0.2) is 0 Å². The molecule has 0 aromatic rings. The van der Waals surface area contributed by atoms with E-state index < -0.39 is 0 Å². The van der Waals surface area contributed by atoms with E-state index in [1.54, 1.807) is 0 Å². The van der Waals surface area contributed by atoms with E-state index in [0.29, 0.717) is 12.0 Å². The van der Waals surface area contributed by atoms with Crippen molar-refractivity contribution in [2.24, 2.45) is 5.92 Å². The van der Waals surface area contributed by atoms with Gasteiger partial charge in [0.05, 0.1) is 18.8 Å². The van der Waals surface area contributed by atoms with Gasteiger partial charge in [0, 0.05) is 18.7 Å². The number of nitrogens with one attached hydrogen (secondary N) is 1. The molecule has 0 amide bonds. The summed E-state index contributed by atoms with van der Waals surface area (Å²) in [7, 11) is 0. The van der Waals surface area contributed by atoms with Gasteiger partial charge in [-0.25, -0.2) is 0 Å². The minimum atomic E-state index is 0.155. The average Bonchev–Trinajstić information content (AvgIpc) is 2.62. The van der Waals surface area contributed by atoms with Gasteiger partial charge in [0.15, 0.2) is 0 Å². The smallest absolute Gasteiger partial charge is 0.0834 e. The molecule has 1 aliphatic heterocycles. The molecule has 96 valence electrons. The lowest BCUT2D eigenvalue weighted by Crippen LogP contribution is -2.44. The molecule has 3 heteroatoms. The van der Waals surface area contributed by atoms with Crippen molar-refractivity contribution in [3.63, 3.8) is 0 Å². The predicted octanol–water partition coefficient (Wildman–Crippen LogP) is 2.20. The van der Waals surface area contributed by atoms with Crippen molar-refractivity contribution in [3.8, 4) is 0 Å². The Balaban J connectivity index is 2.35. The van der Waals surface area contributed by atoms with E-state index in [0.717, 1.165) is 26.2 Å². The lowest BCUT2D eigenvalue weighted by molar-refractivity contribution is -0.0387. The summed E-state index contributed by atoms with van der Waals surface area (Å²) >= 11 is 0. The first-order valence-electron chi connectivity index (χ1n) is 6.37. The summed E-state index contributed by atoms with van der Waals surface area (Å²) < 4.78 is 11.4. The predicted molar refractivity (Wildman–Crippen MR) is 66.7 cm³/mol. The first-order chi connectivity index (χ1) is 7.38. The highest BCUT2D eigenvalue weighted by Crippen LogP contribution is 2.15. The molecule has 0 bridgehead atoms. The average molecular weight is 229 g/mol. The largest absolute Gasteiger partial charge is 0.379 e. The molecule has 2 unspecified atom stereocenters. The molecule has 0 radical (unpaired) electrons. The lowest BCUT2D eigenvalue weighted by atomic mass is 10.0. The maximum Gasteiger partial charge on any atom is 0.0834 e. The van der Waals surface area contributed by atoms with Gasteiger partial charge < -0.3 is 14.8 Å². The van der Waals surface area contributed by atoms with Crippen molar-refractivity contribution in [3.05, 3.63) is 0 Å². The van der Waals surface area contributed by atoms with Crippen molar-refractivity contribution in [1.29, 1.82) is 0 Å². The fourth-order valence-electron chi connectivity index (χ4n) is 1.72. The molecular weight excluding hydrogens is 202 g/mol. The van der Waals surface area contributed by atoms with Crippen LogP contribution in [0.3, 0.4) is 0 Å². The van der Waals surface area contributed by atoms with Crippen molar-refractivity contribution < 1.29 is 9.47 Å². The molecule has 1 N–H and O–H groups in total. The van der Waals surface area contributed by atoms with Crippen LogP contribution in [0.2, 0.25) is 0 Å². The normalized spacial score (nSPS) is 24.0. The molecular formula is C13H27NO2. The zero-order valence-electron chi connectivity index (χ0n) is 11.4. The Bertz CT molecular complexity index is 193. The molecule has 16 heavy (non-hydrogen) atoms. The molecule has 1 aliphatic rings. The molecule has 3 nitrogen and oxygen atoms in total. The molecule has 0 spiro atoms. The molecule has 2 atom stereocenters. The van der Waals surface area contributed by atoms with Crippen molar-refractivity contribution >= 4 is 0 Å². The summed E-state index contributed by atoms with van der Waals surface area (Å²) in [4.78, 5) is 0. The molecule has 1 saturated heterocycles. The second kappa shape index (κ2) is 5.99. The number of rotatable bonds is 5. The Morgan fingerprint density at radius 3 is 2.50 bits per heavy atom. The van der Waals surface area contributed by atoms with Crippen molar-refractivity contribution in [1.82, 2.24) is 5.32 Å². The van der Waals surface area contributed by atoms with Crippen molar-refractivity contribution in [2.45, 2.75) is 58.8 Å². The molecule has 0 aromatic heterocycles. The van der Waals surface area contributed by atoms with Crippen molar-refractivity contribution in [2.75, 3.05) is 19.8 Å². The fraction of sp³-hybridized carbons (Fsp3) is 1.00. The van der Waals surface area contributed by atoms with Gasteiger partial charge in [0.2, 0.25) is 0 Å². The second-order valence-corrected chi connectivity index (χ2v) is 6.04. The highest BCUT2D eigenvalue weighted by molar-refractivity contribution is 4.77. The van der Waals surface area contributed by atoms with E-state index in [-0.39, 0.29) is 11.6 Å². The van der Waals surface area contributed by atoms with Gasteiger partial charge in [-0.05, 0) is 33.1 Å². The number of hydrogen-bond donors (Lipinski definition) is 1. The summed E-state index contributed by atoms with van der Waals surface area (Å²) in [6, 6.07) is 0. The monoisotopic (exact) mass is 229 g/mol. The Hall–Kier alpha value is -0.120. The number of hydrogen-bond acceptors (Lipinski definition) is 3. The van der Waals surface area contributed by atoms with Crippen LogP contribution in [0.4, 0.5) is 0 Å². The Labute approximate surface area is 99.9 Å². The highest BCUT2D eigenvalue weighted by Gasteiger charge is 2.24. The molecule has 1 rings (SSSR count). The maximum absolute atomic E-state index is 6.08. The summed E-state index contributed by atoms with van der Waals surface area (Å²) in [5, 5.41) is 3.51. The van der Waals surface area contributed by atoms with Gasteiger partial charge in [0.1, 0.15) is 0 Å². The lowest BCUT2D eigenvalue weighted by Gasteiger charge is -2.29. The Kier molecular flexibility index (Phi) is 5.22. The zero-order valence-corrected chi connectivity index (χ0v) is 11.4. The van der Waals surface area contributed by atoms with Gasteiger partial charge >= 0.3 is 0 Å². The molecule has 0 aromatic carbocycles. The third-order valence-corrected chi connectivity index (χ3v) is 2.83. The van der Waals surface area contributed by atoms with Gasteiger partial charge in [-0.3, -0.25) is 0 Å². The summed E-state index contributed by atoms with van der Waals surface area (Å²) in [5.41, 5.74) is 0.155. The van der Waals surface area contributed by atoms with Crippen LogP contribution in [0.25, 0.3) is 0 Å². The van der Waals surface area contributed by atoms with Crippen LogP contribution in [0.1, 0.15) is 41.0 Å². The fourth-order valence-corrected chi connectivity index (χ4v) is 1.72. The first kappa shape index (κ1) is 13.9. The van der Waals surface area contributed by atoms with Crippen LogP contribution in [-0.2, 0) is 9.47 Å². The molecule has 0 aliphatic carbocycles. The van der Waals surface area contributed by atoms with Crippen LogP contribution < -0.4 is 5.32 Å². The summed E-state index contributed by atoms with van der Waals surface area (Å²) in [6.45, 7) is 13.5. The standard InChI is InChI=1S/C13H27NO2/c1-10(2)12(8-14-13(3,4)5)16-11-6-7-15-9-11/h10-12,14H,6-9H2,1-5H3. The zero-order chi connectivity index (χ0) is 12.2. The first-order valence-corrected chi connectivity index (χ1v) is 6.37. The quantitative estimate of drug-likeness (QED) is 0.784. The third-order valence-electron chi connectivity index (χ3n) is 2.83. The molecule has 1 heterocycles. The van der Waals surface area contributed by atoms with Gasteiger partial charge in [-0.2, -0.15) is 0 Å². The SMILES string of the molecule is CC(C)C(CNC(C)(C)C)OC1CCOC1. The van der Waals surface area contributed by atoms with E-state index in [4.69, 9.17) is 9.47 Å². The number of ether oxygens (including phenoxy) is 2.